The molecule has 1 fully saturated rings. The van der Waals surface area contributed by atoms with Gasteiger partial charge in [0.15, 0.2) is 0 Å². The number of rotatable bonds is 6. The van der Waals surface area contributed by atoms with E-state index in [1.807, 2.05) is 0 Å². The fourth-order valence-electron chi connectivity index (χ4n) is 2.55. The Morgan fingerprint density at radius 1 is 1.17 bits per heavy atom. The smallest absolute Gasteiger partial charge is 0.0341 e. The van der Waals surface area contributed by atoms with Crippen molar-refractivity contribution < 1.29 is 0 Å². The minimum Gasteiger partial charge on any atom is -0.271 e. The Hall–Kier alpha value is -0.510. The summed E-state index contributed by atoms with van der Waals surface area (Å²) >= 11 is 2.11. The standard InChI is InChI=1S/C15H24N2S/c16-17-14(11-13-7-3-1-4-8-13)12-18-15-9-5-2-6-10-15/h1,3-4,7-8,14-15,17H,2,5-6,9-12,16H2. The number of hydrogen-bond donors (Lipinski definition) is 2. The zero-order chi connectivity index (χ0) is 12.6. The van der Waals surface area contributed by atoms with E-state index < -0.39 is 0 Å². The van der Waals surface area contributed by atoms with Crippen LogP contribution in [0.2, 0.25) is 0 Å². The fourth-order valence-corrected chi connectivity index (χ4v) is 3.93. The molecule has 0 amide bonds. The number of thioether (sulfide) groups is 1. The molecule has 3 heteroatoms. The number of hydrazine groups is 1. The second-order valence-electron chi connectivity index (χ2n) is 5.15. The molecule has 1 aliphatic carbocycles. The molecule has 1 aromatic carbocycles. The lowest BCUT2D eigenvalue weighted by Crippen LogP contribution is -2.39. The lowest BCUT2D eigenvalue weighted by atomic mass is 10.0. The average molecular weight is 264 g/mol. The molecular formula is C15H24N2S. The zero-order valence-corrected chi connectivity index (χ0v) is 11.8. The Morgan fingerprint density at radius 3 is 2.56 bits per heavy atom. The molecule has 18 heavy (non-hydrogen) atoms. The van der Waals surface area contributed by atoms with Crippen molar-refractivity contribution in [1.29, 1.82) is 0 Å². The molecule has 2 rings (SSSR count). The van der Waals surface area contributed by atoms with Crippen molar-refractivity contribution in [2.75, 3.05) is 5.75 Å². The Bertz CT molecular complexity index is 323. The second-order valence-corrected chi connectivity index (χ2v) is 6.48. The second kappa shape index (κ2) is 7.82. The largest absolute Gasteiger partial charge is 0.271 e. The first kappa shape index (κ1) is 13.9. The number of nitrogens with one attached hydrogen (secondary N) is 1. The van der Waals surface area contributed by atoms with E-state index in [1.165, 1.54) is 37.7 Å². The molecule has 1 saturated carbocycles. The van der Waals surface area contributed by atoms with Gasteiger partial charge >= 0.3 is 0 Å². The molecule has 0 bridgehead atoms. The maximum atomic E-state index is 5.67. The predicted molar refractivity (Wildman–Crippen MR) is 80.6 cm³/mol. The lowest BCUT2D eigenvalue weighted by Gasteiger charge is -2.23. The third-order valence-corrected chi connectivity index (χ3v) is 5.18. The van der Waals surface area contributed by atoms with Gasteiger partial charge in [0.25, 0.3) is 0 Å². The van der Waals surface area contributed by atoms with Gasteiger partial charge in [-0.2, -0.15) is 11.8 Å². The van der Waals surface area contributed by atoms with Crippen LogP contribution in [-0.2, 0) is 6.42 Å². The summed E-state index contributed by atoms with van der Waals surface area (Å²) in [5.41, 5.74) is 4.33. The van der Waals surface area contributed by atoms with Crippen molar-refractivity contribution in [3.8, 4) is 0 Å². The molecule has 0 aliphatic heterocycles. The van der Waals surface area contributed by atoms with E-state index in [4.69, 9.17) is 5.84 Å². The summed E-state index contributed by atoms with van der Waals surface area (Å²) in [7, 11) is 0. The highest BCUT2D eigenvalue weighted by Crippen LogP contribution is 2.28. The van der Waals surface area contributed by atoms with Crippen molar-refractivity contribution in [2.45, 2.75) is 49.8 Å². The topological polar surface area (TPSA) is 38.0 Å². The third-order valence-electron chi connectivity index (χ3n) is 3.65. The van der Waals surface area contributed by atoms with Crippen molar-refractivity contribution >= 4 is 11.8 Å². The maximum absolute atomic E-state index is 5.67. The molecule has 0 radical (unpaired) electrons. The van der Waals surface area contributed by atoms with E-state index in [0.29, 0.717) is 6.04 Å². The summed E-state index contributed by atoms with van der Waals surface area (Å²) < 4.78 is 0. The number of hydrogen-bond acceptors (Lipinski definition) is 3. The van der Waals surface area contributed by atoms with Crippen molar-refractivity contribution in [3.63, 3.8) is 0 Å². The minimum absolute atomic E-state index is 0.388. The SMILES string of the molecule is NNC(CSC1CCCCC1)Cc1ccccc1. The molecule has 3 N–H and O–H groups in total. The lowest BCUT2D eigenvalue weighted by molar-refractivity contribution is 0.513. The van der Waals surface area contributed by atoms with E-state index in [0.717, 1.165) is 17.4 Å². The molecule has 1 aromatic rings. The summed E-state index contributed by atoms with van der Waals surface area (Å²) in [6, 6.07) is 11.0. The van der Waals surface area contributed by atoms with Crippen LogP contribution in [0.1, 0.15) is 37.7 Å². The molecular weight excluding hydrogens is 240 g/mol. The highest BCUT2D eigenvalue weighted by molar-refractivity contribution is 7.99. The first-order valence-corrected chi connectivity index (χ1v) is 8.05. The van der Waals surface area contributed by atoms with Crippen molar-refractivity contribution in [1.82, 2.24) is 5.43 Å². The molecule has 1 unspecified atom stereocenters. The summed E-state index contributed by atoms with van der Waals surface area (Å²) in [5, 5.41) is 0.866. The first-order chi connectivity index (χ1) is 8.88. The van der Waals surface area contributed by atoms with Gasteiger partial charge in [0.2, 0.25) is 0 Å². The van der Waals surface area contributed by atoms with E-state index in [9.17, 15) is 0 Å². The van der Waals surface area contributed by atoms with Crippen LogP contribution in [-0.4, -0.2) is 17.0 Å². The summed E-state index contributed by atoms with van der Waals surface area (Å²) in [4.78, 5) is 0. The van der Waals surface area contributed by atoms with Crippen LogP contribution in [0.15, 0.2) is 30.3 Å². The molecule has 0 heterocycles. The van der Waals surface area contributed by atoms with Gasteiger partial charge < -0.3 is 0 Å². The third kappa shape index (κ3) is 4.63. The van der Waals surface area contributed by atoms with E-state index in [2.05, 4.69) is 47.5 Å². The van der Waals surface area contributed by atoms with Gasteiger partial charge in [-0.25, -0.2) is 0 Å². The summed E-state index contributed by atoms with van der Waals surface area (Å²) in [6.07, 6.45) is 8.07. The van der Waals surface area contributed by atoms with Crippen LogP contribution in [0.25, 0.3) is 0 Å². The Kier molecular flexibility index (Phi) is 6.05. The fraction of sp³-hybridized carbons (Fsp3) is 0.600. The molecule has 0 saturated heterocycles. The monoisotopic (exact) mass is 264 g/mol. The quantitative estimate of drug-likeness (QED) is 0.612. The number of benzene rings is 1. The number of nitrogens with two attached hydrogens (primary N) is 1. The van der Waals surface area contributed by atoms with Gasteiger partial charge in [0, 0.05) is 17.0 Å². The van der Waals surface area contributed by atoms with Crippen molar-refractivity contribution in [2.24, 2.45) is 5.84 Å². The van der Waals surface area contributed by atoms with Gasteiger partial charge in [-0.1, -0.05) is 49.6 Å². The van der Waals surface area contributed by atoms with Crippen LogP contribution in [0, 0.1) is 0 Å². The predicted octanol–water partition coefficient (Wildman–Crippen LogP) is 3.13. The van der Waals surface area contributed by atoms with Crippen molar-refractivity contribution in [3.05, 3.63) is 35.9 Å². The molecule has 1 aliphatic rings. The van der Waals surface area contributed by atoms with Crippen LogP contribution in [0.5, 0.6) is 0 Å². The molecule has 100 valence electrons. The summed E-state index contributed by atoms with van der Waals surface area (Å²) in [5.74, 6) is 6.79. The van der Waals surface area contributed by atoms with Crippen LogP contribution < -0.4 is 11.3 Å². The molecule has 1 atom stereocenters. The first-order valence-electron chi connectivity index (χ1n) is 7.00. The summed E-state index contributed by atoms with van der Waals surface area (Å²) in [6.45, 7) is 0. The Balaban J connectivity index is 1.75. The van der Waals surface area contributed by atoms with E-state index in [1.54, 1.807) is 0 Å². The van der Waals surface area contributed by atoms with E-state index >= 15 is 0 Å². The normalized spacial score (nSPS) is 18.7. The minimum atomic E-state index is 0.388. The zero-order valence-electron chi connectivity index (χ0n) is 11.0. The van der Waals surface area contributed by atoms with Gasteiger partial charge in [-0.05, 0) is 24.8 Å². The van der Waals surface area contributed by atoms with Crippen LogP contribution in [0.4, 0.5) is 0 Å². The van der Waals surface area contributed by atoms with Crippen LogP contribution >= 0.6 is 11.8 Å². The highest BCUT2D eigenvalue weighted by atomic mass is 32.2. The van der Waals surface area contributed by atoms with Gasteiger partial charge in [0.1, 0.15) is 0 Å². The maximum Gasteiger partial charge on any atom is 0.0341 e. The molecule has 2 nitrogen and oxygen atoms in total. The Labute approximate surface area is 115 Å². The molecule has 0 spiro atoms. The van der Waals surface area contributed by atoms with Gasteiger partial charge in [0.05, 0.1) is 0 Å². The Morgan fingerprint density at radius 2 is 1.89 bits per heavy atom. The molecule has 0 aromatic heterocycles. The van der Waals surface area contributed by atoms with Gasteiger partial charge in [-0.3, -0.25) is 11.3 Å². The van der Waals surface area contributed by atoms with E-state index in [-0.39, 0.29) is 0 Å². The van der Waals surface area contributed by atoms with Gasteiger partial charge in [-0.15, -0.1) is 0 Å². The average Bonchev–Trinajstić information content (AvgIpc) is 2.45. The highest BCUT2D eigenvalue weighted by Gasteiger charge is 2.16. The van der Waals surface area contributed by atoms with Crippen LogP contribution in [0.3, 0.4) is 0 Å².